The zero-order valence-electron chi connectivity index (χ0n) is 18.9. The van der Waals surface area contributed by atoms with Gasteiger partial charge in [0.15, 0.2) is 5.03 Å². The number of imidazole rings is 1. The van der Waals surface area contributed by atoms with Crippen LogP contribution in [-0.4, -0.2) is 48.0 Å². The Labute approximate surface area is 192 Å². The molecule has 33 heavy (non-hydrogen) atoms. The highest BCUT2D eigenvalue weighted by Crippen LogP contribution is 2.24. The van der Waals surface area contributed by atoms with Gasteiger partial charge in [0.2, 0.25) is 0 Å². The van der Waals surface area contributed by atoms with Crippen molar-refractivity contribution in [3.05, 3.63) is 53.1 Å². The largest absolute Gasteiger partial charge is 0.462 e. The Bertz CT molecular complexity index is 1280. The third-order valence-corrected chi connectivity index (χ3v) is 6.39. The lowest BCUT2D eigenvalue weighted by atomic mass is 10.0. The quantitative estimate of drug-likeness (QED) is 0.467. The van der Waals surface area contributed by atoms with E-state index in [1.54, 1.807) is 38.5 Å². The average molecular weight is 475 g/mol. The van der Waals surface area contributed by atoms with Gasteiger partial charge in [-0.3, -0.25) is 4.79 Å². The molecule has 2 aromatic heterocycles. The maximum atomic E-state index is 12.5. The van der Waals surface area contributed by atoms with Crippen LogP contribution in [0.3, 0.4) is 0 Å². The fourth-order valence-electron chi connectivity index (χ4n) is 3.26. The zero-order valence-corrected chi connectivity index (χ0v) is 19.7. The lowest BCUT2D eigenvalue weighted by Gasteiger charge is -2.14. The minimum atomic E-state index is -3.84. The summed E-state index contributed by atoms with van der Waals surface area (Å²) >= 11 is 0. The highest BCUT2D eigenvalue weighted by Gasteiger charge is 2.22. The number of hydrogen-bond donors (Lipinski definition) is 1. The van der Waals surface area contributed by atoms with Crippen molar-refractivity contribution in [3.63, 3.8) is 0 Å². The summed E-state index contributed by atoms with van der Waals surface area (Å²) in [6, 6.07) is 7.32. The minimum Gasteiger partial charge on any atom is -0.462 e. The molecule has 0 aliphatic carbocycles. The summed E-state index contributed by atoms with van der Waals surface area (Å²) in [6.45, 7) is 4.96. The first-order chi connectivity index (χ1) is 15.6. The van der Waals surface area contributed by atoms with Crippen molar-refractivity contribution in [3.8, 4) is 0 Å². The zero-order chi connectivity index (χ0) is 24.2. The monoisotopic (exact) mass is 474 g/mol. The Morgan fingerprint density at radius 1 is 1.12 bits per heavy atom. The normalized spacial score (nSPS) is 11.5. The molecule has 0 saturated heterocycles. The van der Waals surface area contributed by atoms with E-state index in [-0.39, 0.29) is 42.5 Å². The molecule has 0 saturated carbocycles. The van der Waals surface area contributed by atoms with Gasteiger partial charge in [-0.05, 0) is 32.4 Å². The first-order valence-electron chi connectivity index (χ1n) is 10.3. The van der Waals surface area contributed by atoms with E-state index in [1.165, 1.54) is 6.20 Å². The maximum Gasteiger partial charge on any atom is 0.340 e. The van der Waals surface area contributed by atoms with E-state index < -0.39 is 22.0 Å². The highest BCUT2D eigenvalue weighted by atomic mass is 32.2. The van der Waals surface area contributed by atoms with Crippen LogP contribution in [0, 0.1) is 13.8 Å². The van der Waals surface area contributed by atoms with E-state index in [0.717, 1.165) is 5.39 Å². The Kier molecular flexibility index (Phi) is 7.44. The number of nitrogens with one attached hydrogen (secondary N) is 1. The van der Waals surface area contributed by atoms with Crippen molar-refractivity contribution in [2.75, 3.05) is 13.2 Å². The predicted molar refractivity (Wildman–Crippen MR) is 120 cm³/mol. The number of benzene rings is 1. The maximum absolute atomic E-state index is 12.5. The molecule has 0 aliphatic rings. The van der Waals surface area contributed by atoms with E-state index in [0.29, 0.717) is 16.9 Å². The van der Waals surface area contributed by atoms with Crippen LogP contribution in [0.15, 0.2) is 35.5 Å². The number of carbonyl (C=O) groups excluding carboxylic acids is 2. The number of pyridine rings is 1. The van der Waals surface area contributed by atoms with Gasteiger partial charge in [-0.1, -0.05) is 18.2 Å². The van der Waals surface area contributed by atoms with Crippen LogP contribution in [0.4, 0.5) is 0 Å². The van der Waals surface area contributed by atoms with Crippen LogP contribution < -0.4 is 4.72 Å². The fraction of sp³-hybridized carbons (Fsp3) is 0.364. The first kappa shape index (κ1) is 24.3. The molecular weight excluding hydrogens is 448 g/mol. The Morgan fingerprint density at radius 3 is 2.52 bits per heavy atom. The number of hydrogen-bond acceptors (Lipinski definition) is 8. The minimum absolute atomic E-state index is 0.120. The van der Waals surface area contributed by atoms with Crippen LogP contribution in [0.1, 0.15) is 40.8 Å². The summed E-state index contributed by atoms with van der Waals surface area (Å²) in [5.41, 5.74) is 1.88. The van der Waals surface area contributed by atoms with Gasteiger partial charge in [0, 0.05) is 25.2 Å². The average Bonchev–Trinajstić information content (AvgIpc) is 3.11. The summed E-state index contributed by atoms with van der Waals surface area (Å²) < 4.78 is 39.0. The Balaban J connectivity index is 1.67. The fourth-order valence-corrected chi connectivity index (χ4v) is 4.33. The number of aromatic nitrogens is 3. The van der Waals surface area contributed by atoms with Gasteiger partial charge in [-0.2, -0.15) is 0 Å². The number of esters is 2. The molecule has 1 aromatic carbocycles. The molecule has 2 heterocycles. The van der Waals surface area contributed by atoms with Crippen LogP contribution in [0.25, 0.3) is 10.9 Å². The molecule has 176 valence electrons. The van der Waals surface area contributed by atoms with Gasteiger partial charge in [0.25, 0.3) is 10.0 Å². The van der Waals surface area contributed by atoms with Crippen LogP contribution in [-0.2, 0) is 37.9 Å². The second-order valence-corrected chi connectivity index (χ2v) is 9.06. The molecule has 0 radical (unpaired) electrons. The predicted octanol–water partition coefficient (Wildman–Crippen LogP) is 2.17. The summed E-state index contributed by atoms with van der Waals surface area (Å²) in [5, 5.41) is 0.681. The molecule has 0 aliphatic heterocycles. The molecule has 0 spiro atoms. The van der Waals surface area contributed by atoms with Crippen molar-refractivity contribution >= 4 is 32.9 Å². The lowest BCUT2D eigenvalue weighted by molar-refractivity contribution is -0.144. The van der Waals surface area contributed by atoms with Gasteiger partial charge in [-0.15, -0.1) is 0 Å². The van der Waals surface area contributed by atoms with Gasteiger partial charge in [-0.25, -0.2) is 27.9 Å². The molecule has 11 heteroatoms. The van der Waals surface area contributed by atoms with Gasteiger partial charge in [0.05, 0.1) is 29.8 Å². The molecule has 3 rings (SSSR count). The van der Waals surface area contributed by atoms with Crippen molar-refractivity contribution in [1.29, 1.82) is 0 Å². The van der Waals surface area contributed by atoms with E-state index in [9.17, 15) is 18.0 Å². The van der Waals surface area contributed by atoms with Gasteiger partial charge < -0.3 is 14.0 Å². The number of aryl methyl sites for hydroxylation is 3. The molecule has 0 unspecified atom stereocenters. The van der Waals surface area contributed by atoms with Gasteiger partial charge in [0.1, 0.15) is 12.4 Å². The SMILES string of the molecule is CCOC(=O)c1c(COC(=O)CCNS(=O)(=O)c2cn(C)c(C)n2)nc2ccccc2c1C. The Hall–Kier alpha value is -3.31. The topological polar surface area (TPSA) is 129 Å². The number of ether oxygens (including phenoxy) is 2. The van der Waals surface area contributed by atoms with Crippen molar-refractivity contribution in [2.24, 2.45) is 7.05 Å². The molecule has 0 amide bonds. The first-order valence-corrected chi connectivity index (χ1v) is 11.8. The van der Waals surface area contributed by atoms with Crippen LogP contribution in [0.5, 0.6) is 0 Å². The molecule has 0 atom stereocenters. The van der Waals surface area contributed by atoms with Crippen molar-refractivity contribution < 1.29 is 27.5 Å². The number of carbonyl (C=O) groups is 2. The second-order valence-electron chi connectivity index (χ2n) is 7.34. The highest BCUT2D eigenvalue weighted by molar-refractivity contribution is 7.89. The molecule has 1 N–H and O–H groups in total. The van der Waals surface area contributed by atoms with E-state index in [4.69, 9.17) is 9.47 Å². The molecule has 0 fully saturated rings. The van der Waals surface area contributed by atoms with E-state index >= 15 is 0 Å². The van der Waals surface area contributed by atoms with Gasteiger partial charge >= 0.3 is 11.9 Å². The van der Waals surface area contributed by atoms with E-state index in [2.05, 4.69) is 14.7 Å². The molecule has 10 nitrogen and oxygen atoms in total. The molecule has 0 bridgehead atoms. The summed E-state index contributed by atoms with van der Waals surface area (Å²) in [4.78, 5) is 33.2. The number of rotatable bonds is 9. The Morgan fingerprint density at radius 2 is 1.85 bits per heavy atom. The number of para-hydroxylation sites is 1. The number of sulfonamides is 1. The number of nitrogens with zero attached hydrogens (tertiary/aromatic N) is 3. The summed E-state index contributed by atoms with van der Waals surface area (Å²) in [6.07, 6.45) is 1.19. The third kappa shape index (κ3) is 5.55. The lowest BCUT2D eigenvalue weighted by Crippen LogP contribution is -2.27. The van der Waals surface area contributed by atoms with Crippen LogP contribution >= 0.6 is 0 Å². The molecular formula is C22H26N4O6S. The standard InChI is InChI=1S/C22H26N4O6S/c1-5-31-22(28)21-14(2)16-8-6-7-9-17(16)25-18(21)13-32-20(27)10-11-23-33(29,30)19-12-26(4)15(3)24-19/h6-9,12,23H,5,10-11,13H2,1-4H3. The second kappa shape index (κ2) is 10.1. The summed E-state index contributed by atoms with van der Waals surface area (Å²) in [5.74, 6) is -0.639. The number of fused-ring (bicyclic) bond motifs is 1. The van der Waals surface area contributed by atoms with E-state index in [1.807, 2.05) is 18.2 Å². The van der Waals surface area contributed by atoms with Crippen LogP contribution in [0.2, 0.25) is 0 Å². The van der Waals surface area contributed by atoms with Crippen molar-refractivity contribution in [2.45, 2.75) is 38.8 Å². The van der Waals surface area contributed by atoms with Crippen molar-refractivity contribution in [1.82, 2.24) is 19.3 Å². The molecule has 3 aromatic rings. The smallest absolute Gasteiger partial charge is 0.340 e. The summed E-state index contributed by atoms with van der Waals surface area (Å²) in [7, 11) is -2.16. The third-order valence-electron chi connectivity index (χ3n) is 5.06.